The van der Waals surface area contributed by atoms with Crippen LogP contribution in [0.25, 0.3) is 0 Å². The summed E-state index contributed by atoms with van der Waals surface area (Å²) in [6.07, 6.45) is 3.97. The first-order valence-electron chi connectivity index (χ1n) is 7.53. The van der Waals surface area contributed by atoms with Crippen molar-refractivity contribution in [1.82, 2.24) is 15.1 Å². The Hall–Kier alpha value is -1.07. The highest BCUT2D eigenvalue weighted by molar-refractivity contribution is 7.07. The smallest absolute Gasteiger partial charge is 0.317 e. The molecule has 5 heteroatoms. The van der Waals surface area contributed by atoms with Gasteiger partial charge in [-0.3, -0.25) is 4.90 Å². The monoisotopic (exact) mass is 293 g/mol. The van der Waals surface area contributed by atoms with E-state index in [-0.39, 0.29) is 6.03 Å². The first-order valence-corrected chi connectivity index (χ1v) is 8.48. The summed E-state index contributed by atoms with van der Waals surface area (Å²) < 4.78 is 0. The van der Waals surface area contributed by atoms with Gasteiger partial charge in [-0.15, -0.1) is 0 Å². The zero-order valence-electron chi connectivity index (χ0n) is 12.0. The number of urea groups is 1. The van der Waals surface area contributed by atoms with Crippen LogP contribution in [0, 0.1) is 0 Å². The van der Waals surface area contributed by atoms with Gasteiger partial charge in [0.15, 0.2) is 0 Å². The molecule has 2 aliphatic rings. The Kier molecular flexibility index (Phi) is 4.27. The fraction of sp³-hybridized carbons (Fsp3) is 0.667. The quantitative estimate of drug-likeness (QED) is 0.929. The van der Waals surface area contributed by atoms with Crippen molar-refractivity contribution in [3.8, 4) is 0 Å². The number of piperidine rings is 1. The van der Waals surface area contributed by atoms with Crippen LogP contribution in [-0.2, 0) is 6.54 Å². The minimum Gasteiger partial charge on any atom is -0.334 e. The largest absolute Gasteiger partial charge is 0.334 e. The van der Waals surface area contributed by atoms with E-state index in [1.54, 1.807) is 11.3 Å². The third-order valence-corrected chi connectivity index (χ3v) is 5.23. The SMILES string of the molecule is C[C@@H]1CCCCN1C1CN(C(=O)NCc2ccsc2)C1. The van der Waals surface area contributed by atoms with Crippen LogP contribution < -0.4 is 5.32 Å². The number of amides is 2. The fourth-order valence-electron chi connectivity index (χ4n) is 3.18. The lowest BCUT2D eigenvalue weighted by Gasteiger charge is -2.49. The third-order valence-electron chi connectivity index (χ3n) is 4.50. The third kappa shape index (κ3) is 2.99. The number of thiophene rings is 1. The number of carbonyl (C=O) groups excluding carboxylic acids is 1. The molecular weight excluding hydrogens is 270 g/mol. The molecule has 0 bridgehead atoms. The van der Waals surface area contributed by atoms with Gasteiger partial charge in [-0.1, -0.05) is 6.42 Å². The lowest BCUT2D eigenvalue weighted by Crippen LogP contribution is -2.64. The predicted octanol–water partition coefficient (Wildman–Crippen LogP) is 2.52. The van der Waals surface area contributed by atoms with E-state index in [1.165, 1.54) is 31.4 Å². The maximum atomic E-state index is 12.0. The normalized spacial score (nSPS) is 24.4. The molecule has 3 heterocycles. The van der Waals surface area contributed by atoms with Crippen LogP contribution in [0.1, 0.15) is 31.7 Å². The van der Waals surface area contributed by atoms with Gasteiger partial charge >= 0.3 is 6.03 Å². The number of nitrogens with one attached hydrogen (secondary N) is 1. The van der Waals surface area contributed by atoms with Crippen molar-refractivity contribution in [2.75, 3.05) is 19.6 Å². The predicted molar refractivity (Wildman–Crippen MR) is 81.9 cm³/mol. The number of hydrogen-bond acceptors (Lipinski definition) is 3. The van der Waals surface area contributed by atoms with Gasteiger partial charge in [0.2, 0.25) is 0 Å². The maximum absolute atomic E-state index is 12.0. The van der Waals surface area contributed by atoms with Gasteiger partial charge in [0.1, 0.15) is 0 Å². The van der Waals surface area contributed by atoms with Crippen LogP contribution in [0.15, 0.2) is 16.8 Å². The molecule has 0 radical (unpaired) electrons. The average Bonchev–Trinajstić information content (AvgIpc) is 2.90. The molecule has 0 aromatic carbocycles. The molecule has 0 spiro atoms. The lowest BCUT2D eigenvalue weighted by atomic mass is 9.98. The number of likely N-dealkylation sites (tertiary alicyclic amines) is 2. The van der Waals surface area contributed by atoms with E-state index in [1.807, 2.05) is 10.3 Å². The average molecular weight is 293 g/mol. The van der Waals surface area contributed by atoms with Crippen molar-refractivity contribution in [1.29, 1.82) is 0 Å². The fourth-order valence-corrected chi connectivity index (χ4v) is 3.85. The van der Waals surface area contributed by atoms with Gasteiger partial charge in [-0.25, -0.2) is 4.79 Å². The Morgan fingerprint density at radius 2 is 2.30 bits per heavy atom. The van der Waals surface area contributed by atoms with Crippen molar-refractivity contribution in [2.45, 2.75) is 44.8 Å². The summed E-state index contributed by atoms with van der Waals surface area (Å²) in [6, 6.07) is 3.40. The summed E-state index contributed by atoms with van der Waals surface area (Å²) in [4.78, 5) is 16.5. The van der Waals surface area contributed by atoms with Gasteiger partial charge in [0.25, 0.3) is 0 Å². The molecule has 4 nitrogen and oxygen atoms in total. The van der Waals surface area contributed by atoms with Gasteiger partial charge in [-0.05, 0) is 48.7 Å². The molecule has 2 saturated heterocycles. The number of hydrogen-bond donors (Lipinski definition) is 1. The van der Waals surface area contributed by atoms with Crippen LogP contribution in [0.4, 0.5) is 4.79 Å². The molecule has 1 N–H and O–H groups in total. The topological polar surface area (TPSA) is 35.6 Å². The Labute approximate surface area is 124 Å². The summed E-state index contributed by atoms with van der Waals surface area (Å²) in [7, 11) is 0. The zero-order valence-corrected chi connectivity index (χ0v) is 12.9. The Bertz CT molecular complexity index is 442. The van der Waals surface area contributed by atoms with Crippen molar-refractivity contribution in [3.05, 3.63) is 22.4 Å². The molecule has 3 rings (SSSR count). The van der Waals surface area contributed by atoms with Crippen LogP contribution in [-0.4, -0.2) is 47.5 Å². The number of nitrogens with zero attached hydrogens (tertiary/aromatic N) is 2. The number of rotatable bonds is 3. The molecule has 20 heavy (non-hydrogen) atoms. The second-order valence-corrected chi connectivity index (χ2v) is 6.71. The van der Waals surface area contributed by atoms with E-state index in [0.29, 0.717) is 18.6 Å². The molecule has 1 aromatic heterocycles. The molecule has 110 valence electrons. The molecule has 1 atom stereocenters. The molecule has 2 fully saturated rings. The zero-order chi connectivity index (χ0) is 13.9. The summed E-state index contributed by atoms with van der Waals surface area (Å²) >= 11 is 1.67. The summed E-state index contributed by atoms with van der Waals surface area (Å²) in [5, 5.41) is 7.12. The van der Waals surface area contributed by atoms with E-state index in [0.717, 1.165) is 13.1 Å². The van der Waals surface area contributed by atoms with Crippen LogP contribution in [0.2, 0.25) is 0 Å². The Morgan fingerprint density at radius 1 is 1.45 bits per heavy atom. The lowest BCUT2D eigenvalue weighted by molar-refractivity contribution is 0.0169. The standard InChI is InChI=1S/C15H23N3OS/c1-12-4-2-3-6-18(12)14-9-17(10-14)15(19)16-8-13-5-7-20-11-13/h5,7,11-12,14H,2-4,6,8-10H2,1H3,(H,16,19)/t12-/m1/s1. The van der Waals surface area contributed by atoms with Crippen molar-refractivity contribution < 1.29 is 4.79 Å². The molecule has 0 unspecified atom stereocenters. The maximum Gasteiger partial charge on any atom is 0.317 e. The minimum absolute atomic E-state index is 0.0807. The van der Waals surface area contributed by atoms with Crippen molar-refractivity contribution in [2.24, 2.45) is 0 Å². The van der Waals surface area contributed by atoms with E-state index in [4.69, 9.17) is 0 Å². The van der Waals surface area contributed by atoms with Crippen molar-refractivity contribution in [3.63, 3.8) is 0 Å². The molecule has 2 amide bonds. The highest BCUT2D eigenvalue weighted by Gasteiger charge is 2.37. The first kappa shape index (κ1) is 13.9. The van der Waals surface area contributed by atoms with Crippen LogP contribution in [0.5, 0.6) is 0 Å². The van der Waals surface area contributed by atoms with E-state index in [2.05, 4.69) is 28.6 Å². The van der Waals surface area contributed by atoms with Crippen molar-refractivity contribution >= 4 is 17.4 Å². The second-order valence-electron chi connectivity index (χ2n) is 5.93. The minimum atomic E-state index is 0.0807. The second kappa shape index (κ2) is 6.14. The summed E-state index contributed by atoms with van der Waals surface area (Å²) in [6.45, 7) is 5.94. The molecule has 1 aromatic rings. The number of carbonyl (C=O) groups is 1. The van der Waals surface area contributed by atoms with E-state index in [9.17, 15) is 4.79 Å². The highest BCUT2D eigenvalue weighted by Crippen LogP contribution is 2.24. The molecule has 0 aliphatic carbocycles. The van der Waals surface area contributed by atoms with Crippen LogP contribution >= 0.6 is 11.3 Å². The molecule has 0 saturated carbocycles. The molecule has 2 aliphatic heterocycles. The summed E-state index contributed by atoms with van der Waals surface area (Å²) in [5.74, 6) is 0. The Balaban J connectivity index is 1.41. The Morgan fingerprint density at radius 3 is 3.00 bits per heavy atom. The first-order chi connectivity index (χ1) is 9.74. The van der Waals surface area contributed by atoms with Gasteiger partial charge < -0.3 is 10.2 Å². The highest BCUT2D eigenvalue weighted by atomic mass is 32.1. The molecular formula is C15H23N3OS. The van der Waals surface area contributed by atoms with Crippen LogP contribution in [0.3, 0.4) is 0 Å². The van der Waals surface area contributed by atoms with Gasteiger partial charge in [0.05, 0.1) is 0 Å². The summed E-state index contributed by atoms with van der Waals surface area (Å²) in [5.41, 5.74) is 1.19. The van der Waals surface area contributed by atoms with E-state index < -0.39 is 0 Å². The van der Waals surface area contributed by atoms with Gasteiger partial charge in [-0.2, -0.15) is 11.3 Å². The van der Waals surface area contributed by atoms with Gasteiger partial charge in [0, 0.05) is 31.7 Å². The van der Waals surface area contributed by atoms with E-state index >= 15 is 0 Å².